The first-order chi connectivity index (χ1) is 16.3. The number of hydrogen-bond acceptors (Lipinski definition) is 5. The van der Waals surface area contributed by atoms with Crippen LogP contribution in [0.4, 0.5) is 14.5 Å². The number of ketones is 1. The molecule has 1 heterocycles. The molecule has 1 unspecified atom stereocenters. The molecular weight excluding hydrogens is 446 g/mol. The Morgan fingerprint density at radius 2 is 1.88 bits per heavy atom. The summed E-state index contributed by atoms with van der Waals surface area (Å²) in [5.74, 6) is -2.78. The molecule has 2 aromatic rings. The van der Waals surface area contributed by atoms with Crippen LogP contribution in [-0.4, -0.2) is 42.9 Å². The molecule has 0 aromatic heterocycles. The molecule has 2 aliphatic rings. The number of rotatable bonds is 7. The smallest absolute Gasteiger partial charge is 0.265 e. The number of nitrogens with zero attached hydrogens (tertiary/aromatic N) is 1. The summed E-state index contributed by atoms with van der Waals surface area (Å²) in [6.45, 7) is 1.02. The van der Waals surface area contributed by atoms with Gasteiger partial charge in [-0.1, -0.05) is 19.3 Å². The van der Waals surface area contributed by atoms with Crippen LogP contribution >= 0.6 is 0 Å². The van der Waals surface area contributed by atoms with Crippen LogP contribution in [0.15, 0.2) is 36.4 Å². The van der Waals surface area contributed by atoms with Crippen molar-refractivity contribution in [3.63, 3.8) is 0 Å². The zero-order valence-electron chi connectivity index (χ0n) is 18.8. The van der Waals surface area contributed by atoms with E-state index < -0.39 is 30.1 Å². The van der Waals surface area contributed by atoms with E-state index in [0.717, 1.165) is 44.2 Å². The molecule has 1 aliphatic carbocycles. The van der Waals surface area contributed by atoms with Gasteiger partial charge in [0.15, 0.2) is 30.6 Å². The molecular formula is C25H26F2N2O5. The van der Waals surface area contributed by atoms with Crippen molar-refractivity contribution in [3.8, 4) is 11.5 Å². The Morgan fingerprint density at radius 1 is 1.12 bits per heavy atom. The second-order valence-corrected chi connectivity index (χ2v) is 8.54. The second-order valence-electron chi connectivity index (χ2n) is 8.54. The van der Waals surface area contributed by atoms with Crippen LogP contribution in [0.2, 0.25) is 0 Å². The highest BCUT2D eigenvalue weighted by atomic mass is 19.2. The van der Waals surface area contributed by atoms with Crippen molar-refractivity contribution in [3.05, 3.63) is 53.6 Å². The number of hydrogen-bond donors (Lipinski definition) is 1. The van der Waals surface area contributed by atoms with Gasteiger partial charge in [-0.25, -0.2) is 8.78 Å². The predicted octanol–water partition coefficient (Wildman–Crippen LogP) is 3.79. The zero-order chi connectivity index (χ0) is 24.2. The third-order valence-electron chi connectivity index (χ3n) is 6.14. The summed E-state index contributed by atoms with van der Waals surface area (Å²) in [7, 11) is 0. The summed E-state index contributed by atoms with van der Waals surface area (Å²) in [6.07, 6.45) is 5.13. The van der Waals surface area contributed by atoms with E-state index in [1.807, 2.05) is 0 Å². The molecule has 1 fully saturated rings. The molecule has 1 saturated carbocycles. The van der Waals surface area contributed by atoms with Crippen LogP contribution in [0.25, 0.3) is 0 Å². The molecule has 9 heteroatoms. The fourth-order valence-corrected chi connectivity index (χ4v) is 4.25. The monoisotopic (exact) mass is 472 g/mol. The number of fused-ring (bicyclic) bond motifs is 1. The Morgan fingerprint density at radius 3 is 2.62 bits per heavy atom. The fraction of sp³-hybridized carbons (Fsp3) is 0.400. The predicted molar refractivity (Wildman–Crippen MR) is 120 cm³/mol. The molecule has 180 valence electrons. The Kier molecular flexibility index (Phi) is 7.09. The van der Waals surface area contributed by atoms with E-state index in [4.69, 9.17) is 9.47 Å². The van der Waals surface area contributed by atoms with Gasteiger partial charge in [0.05, 0.1) is 5.69 Å². The fourth-order valence-electron chi connectivity index (χ4n) is 4.25. The van der Waals surface area contributed by atoms with E-state index in [9.17, 15) is 23.2 Å². The van der Waals surface area contributed by atoms with Crippen LogP contribution in [-0.2, 0) is 9.59 Å². The molecule has 1 aliphatic heterocycles. The maximum Gasteiger partial charge on any atom is 0.265 e. The number of carbonyl (C=O) groups is 3. The van der Waals surface area contributed by atoms with Crippen LogP contribution in [0.3, 0.4) is 0 Å². The molecule has 1 N–H and O–H groups in total. The lowest BCUT2D eigenvalue weighted by Crippen LogP contribution is -2.53. The minimum Gasteiger partial charge on any atom is -0.485 e. The molecule has 34 heavy (non-hydrogen) atoms. The van der Waals surface area contributed by atoms with E-state index >= 15 is 0 Å². The largest absolute Gasteiger partial charge is 0.485 e. The number of Topliss-reactive ketones (excluding diaryl/α,β-unsaturated/α-hetero) is 1. The molecule has 2 aromatic carbocycles. The highest BCUT2D eigenvalue weighted by molar-refractivity contribution is 6.05. The van der Waals surface area contributed by atoms with Crippen molar-refractivity contribution >= 4 is 23.3 Å². The average Bonchev–Trinajstić information content (AvgIpc) is 2.84. The zero-order valence-corrected chi connectivity index (χ0v) is 18.8. The van der Waals surface area contributed by atoms with Gasteiger partial charge in [-0.2, -0.15) is 0 Å². The number of benzene rings is 2. The van der Waals surface area contributed by atoms with Crippen molar-refractivity contribution in [2.45, 2.75) is 51.1 Å². The van der Waals surface area contributed by atoms with Gasteiger partial charge >= 0.3 is 0 Å². The summed E-state index contributed by atoms with van der Waals surface area (Å²) in [6, 6.07) is 6.86. The third kappa shape index (κ3) is 5.18. The van der Waals surface area contributed by atoms with Gasteiger partial charge in [0.2, 0.25) is 5.91 Å². The first-order valence-corrected chi connectivity index (χ1v) is 11.3. The summed E-state index contributed by atoms with van der Waals surface area (Å²) < 4.78 is 37.2. The lowest BCUT2D eigenvalue weighted by molar-refractivity contribution is -0.128. The number of ether oxygens (including phenoxy) is 2. The minimum atomic E-state index is -1.08. The Labute approximate surface area is 196 Å². The highest BCUT2D eigenvalue weighted by Gasteiger charge is 2.34. The van der Waals surface area contributed by atoms with E-state index in [1.54, 1.807) is 13.0 Å². The average molecular weight is 472 g/mol. The Balaban J connectivity index is 1.49. The van der Waals surface area contributed by atoms with Gasteiger partial charge in [0, 0.05) is 17.7 Å². The van der Waals surface area contributed by atoms with Gasteiger partial charge in [-0.15, -0.1) is 0 Å². The highest BCUT2D eigenvalue weighted by Crippen LogP contribution is 2.35. The number of anilines is 1. The first-order valence-electron chi connectivity index (χ1n) is 11.3. The van der Waals surface area contributed by atoms with Crippen LogP contribution in [0.1, 0.15) is 49.4 Å². The molecule has 0 bridgehead atoms. The molecule has 1 atom stereocenters. The van der Waals surface area contributed by atoms with Crippen molar-refractivity contribution in [1.29, 1.82) is 0 Å². The van der Waals surface area contributed by atoms with Crippen molar-refractivity contribution in [1.82, 2.24) is 5.32 Å². The van der Waals surface area contributed by atoms with E-state index in [0.29, 0.717) is 11.4 Å². The van der Waals surface area contributed by atoms with Gasteiger partial charge in [-0.3, -0.25) is 19.3 Å². The molecule has 0 spiro atoms. The Hall–Kier alpha value is -3.49. The number of carbonyl (C=O) groups excluding carboxylic acids is 3. The lowest BCUT2D eigenvalue weighted by Gasteiger charge is -2.34. The summed E-state index contributed by atoms with van der Waals surface area (Å²) in [5, 5.41) is 3.03. The third-order valence-corrected chi connectivity index (χ3v) is 6.14. The molecule has 4 rings (SSSR count). The minimum absolute atomic E-state index is 0.0124. The van der Waals surface area contributed by atoms with Gasteiger partial charge < -0.3 is 14.8 Å². The van der Waals surface area contributed by atoms with E-state index in [-0.39, 0.29) is 35.8 Å². The molecule has 0 radical (unpaired) electrons. The number of nitrogens with one attached hydrogen (secondary N) is 1. The standard InChI is InChI=1S/C25H26F2N2O5/c1-15(25(32)28-17-5-3-2-4-6-17)29-21-11-16(7-10-23(21)34-14-24(29)31)22(30)13-33-18-8-9-19(26)20(27)12-18/h7-12,15,17H,2-6,13-14H2,1H3,(H,28,32). The van der Waals surface area contributed by atoms with E-state index in [1.165, 1.54) is 23.1 Å². The van der Waals surface area contributed by atoms with Gasteiger partial charge in [-0.05, 0) is 50.1 Å². The van der Waals surface area contributed by atoms with Gasteiger partial charge in [0.1, 0.15) is 17.5 Å². The van der Waals surface area contributed by atoms with Gasteiger partial charge in [0.25, 0.3) is 5.91 Å². The summed E-state index contributed by atoms with van der Waals surface area (Å²) >= 11 is 0. The summed E-state index contributed by atoms with van der Waals surface area (Å²) in [5.41, 5.74) is 0.547. The molecule has 2 amide bonds. The number of halogens is 2. The second kappa shape index (κ2) is 10.2. The maximum atomic E-state index is 13.4. The first kappa shape index (κ1) is 23.7. The van der Waals surface area contributed by atoms with Crippen LogP contribution in [0, 0.1) is 11.6 Å². The van der Waals surface area contributed by atoms with Crippen LogP contribution in [0.5, 0.6) is 11.5 Å². The van der Waals surface area contributed by atoms with Crippen molar-refractivity contribution in [2.24, 2.45) is 0 Å². The topological polar surface area (TPSA) is 84.9 Å². The summed E-state index contributed by atoms with van der Waals surface area (Å²) in [4.78, 5) is 39.6. The quantitative estimate of drug-likeness (QED) is 0.620. The molecule has 0 saturated heterocycles. The van der Waals surface area contributed by atoms with E-state index in [2.05, 4.69) is 5.32 Å². The number of amides is 2. The normalized spacial score (nSPS) is 16.9. The SMILES string of the molecule is CC(C(=O)NC1CCCCC1)N1C(=O)COc2ccc(C(=O)COc3ccc(F)c(F)c3)cc21. The Bertz CT molecular complexity index is 1100. The maximum absolute atomic E-state index is 13.4. The molecule has 7 nitrogen and oxygen atoms in total. The van der Waals surface area contributed by atoms with Crippen molar-refractivity contribution < 1.29 is 32.6 Å². The van der Waals surface area contributed by atoms with Crippen molar-refractivity contribution in [2.75, 3.05) is 18.1 Å². The lowest BCUT2D eigenvalue weighted by atomic mass is 9.95. The van der Waals surface area contributed by atoms with Crippen LogP contribution < -0.4 is 19.7 Å².